The van der Waals surface area contributed by atoms with Crippen LogP contribution in [0.4, 0.5) is 0 Å². The third kappa shape index (κ3) is 4.47. The molecule has 8 nitrogen and oxygen atoms in total. The van der Waals surface area contributed by atoms with Crippen molar-refractivity contribution in [2.24, 2.45) is 5.92 Å². The number of aromatic amines is 1. The summed E-state index contributed by atoms with van der Waals surface area (Å²) in [6.07, 6.45) is 0.415. The summed E-state index contributed by atoms with van der Waals surface area (Å²) < 4.78 is 28.7. The molecule has 0 aliphatic carbocycles. The van der Waals surface area contributed by atoms with Gasteiger partial charge in [-0.1, -0.05) is 32.0 Å². The third-order valence-electron chi connectivity index (χ3n) is 4.52. The van der Waals surface area contributed by atoms with Crippen LogP contribution in [0.5, 0.6) is 0 Å². The third-order valence-corrected chi connectivity index (χ3v) is 6.27. The van der Waals surface area contributed by atoms with E-state index in [1.807, 2.05) is 19.9 Å². The summed E-state index contributed by atoms with van der Waals surface area (Å²) in [6, 6.07) is 6.76. The standard InChI is InChI=1S/C18H23N3O5S/c1-12(2)9-21(13-7-8-27(24,25)11-13)16(22)10-26-18(23)17-14-5-3-4-6-15(14)19-20-17/h3-6,12-13H,7-11H2,1-2H3,(H,19,20)/t13-/m0/s1. The minimum absolute atomic E-state index is 0.0383. The lowest BCUT2D eigenvalue weighted by Crippen LogP contribution is -2.45. The number of esters is 1. The first-order chi connectivity index (χ1) is 12.8. The molecule has 3 rings (SSSR count). The zero-order chi connectivity index (χ0) is 19.6. The largest absolute Gasteiger partial charge is 0.451 e. The van der Waals surface area contributed by atoms with Gasteiger partial charge in [-0.05, 0) is 18.4 Å². The Hall–Kier alpha value is -2.42. The van der Waals surface area contributed by atoms with Crippen LogP contribution in [0.25, 0.3) is 10.9 Å². The molecule has 2 heterocycles. The monoisotopic (exact) mass is 393 g/mol. The number of rotatable bonds is 6. The maximum Gasteiger partial charge on any atom is 0.359 e. The molecule has 1 amide bonds. The van der Waals surface area contributed by atoms with Gasteiger partial charge in [0.25, 0.3) is 5.91 Å². The first kappa shape index (κ1) is 19.3. The highest BCUT2D eigenvalue weighted by Gasteiger charge is 2.35. The Kier molecular flexibility index (Phi) is 5.50. The number of fused-ring (bicyclic) bond motifs is 1. The molecule has 1 fully saturated rings. The van der Waals surface area contributed by atoms with Gasteiger partial charge in [0.15, 0.2) is 22.1 Å². The second-order valence-electron chi connectivity index (χ2n) is 7.19. The fourth-order valence-corrected chi connectivity index (χ4v) is 5.00. The maximum absolute atomic E-state index is 12.6. The average molecular weight is 393 g/mol. The minimum atomic E-state index is -3.12. The number of carbonyl (C=O) groups excluding carboxylic acids is 2. The second kappa shape index (κ2) is 7.67. The number of sulfone groups is 1. The lowest BCUT2D eigenvalue weighted by Gasteiger charge is -2.29. The molecule has 146 valence electrons. The molecular formula is C18H23N3O5S. The molecule has 0 spiro atoms. The predicted octanol–water partition coefficient (Wildman–Crippen LogP) is 1.39. The number of hydrogen-bond donors (Lipinski definition) is 1. The lowest BCUT2D eigenvalue weighted by atomic mass is 10.1. The van der Waals surface area contributed by atoms with Gasteiger partial charge < -0.3 is 9.64 Å². The number of aromatic nitrogens is 2. The van der Waals surface area contributed by atoms with Crippen molar-refractivity contribution < 1.29 is 22.7 Å². The molecule has 27 heavy (non-hydrogen) atoms. The number of nitrogens with zero attached hydrogens (tertiary/aromatic N) is 2. The van der Waals surface area contributed by atoms with Gasteiger partial charge in [0, 0.05) is 18.0 Å². The van der Waals surface area contributed by atoms with Crippen molar-refractivity contribution >= 4 is 32.6 Å². The Morgan fingerprint density at radius 2 is 2.07 bits per heavy atom. The van der Waals surface area contributed by atoms with E-state index in [4.69, 9.17) is 4.74 Å². The molecule has 0 bridgehead atoms. The first-order valence-corrected chi connectivity index (χ1v) is 10.7. The van der Waals surface area contributed by atoms with Crippen LogP contribution in [0.3, 0.4) is 0 Å². The van der Waals surface area contributed by atoms with E-state index in [0.29, 0.717) is 23.9 Å². The number of hydrogen-bond acceptors (Lipinski definition) is 6. The van der Waals surface area contributed by atoms with Crippen LogP contribution in [0.1, 0.15) is 30.8 Å². The summed E-state index contributed by atoms with van der Waals surface area (Å²) in [5, 5.41) is 7.33. The van der Waals surface area contributed by atoms with Crippen molar-refractivity contribution in [1.29, 1.82) is 0 Å². The normalized spacial score (nSPS) is 18.7. The quantitative estimate of drug-likeness (QED) is 0.743. The summed E-state index contributed by atoms with van der Waals surface area (Å²) in [5.74, 6) is -0.867. The fraction of sp³-hybridized carbons (Fsp3) is 0.500. The van der Waals surface area contributed by atoms with Crippen molar-refractivity contribution in [3.63, 3.8) is 0 Å². The number of H-pyrrole nitrogens is 1. The van der Waals surface area contributed by atoms with E-state index in [2.05, 4.69) is 10.2 Å². The summed E-state index contributed by atoms with van der Waals surface area (Å²) in [5.41, 5.74) is 0.825. The molecule has 0 radical (unpaired) electrons. The molecule has 2 aromatic rings. The zero-order valence-electron chi connectivity index (χ0n) is 15.3. The van der Waals surface area contributed by atoms with Crippen LogP contribution in [0.15, 0.2) is 24.3 Å². The molecule has 9 heteroatoms. The Balaban J connectivity index is 1.67. The van der Waals surface area contributed by atoms with Gasteiger partial charge in [0.05, 0.1) is 17.0 Å². The highest BCUT2D eigenvalue weighted by atomic mass is 32.2. The molecule has 1 N–H and O–H groups in total. The number of para-hydroxylation sites is 1. The Bertz CT molecular complexity index is 951. The summed E-state index contributed by atoms with van der Waals surface area (Å²) >= 11 is 0. The smallest absolute Gasteiger partial charge is 0.359 e. The van der Waals surface area contributed by atoms with Crippen LogP contribution in [0, 0.1) is 5.92 Å². The number of ether oxygens (including phenoxy) is 1. The van der Waals surface area contributed by atoms with E-state index >= 15 is 0 Å². The molecule has 1 aliphatic rings. The van der Waals surface area contributed by atoms with E-state index in [0.717, 1.165) is 0 Å². The molecule has 1 aromatic heterocycles. The van der Waals surface area contributed by atoms with Crippen LogP contribution in [-0.4, -0.2) is 66.1 Å². The Labute approximate surface area is 157 Å². The fourth-order valence-electron chi connectivity index (χ4n) is 3.27. The predicted molar refractivity (Wildman–Crippen MR) is 100.0 cm³/mol. The highest BCUT2D eigenvalue weighted by molar-refractivity contribution is 7.91. The number of nitrogens with one attached hydrogen (secondary N) is 1. The number of carbonyl (C=O) groups is 2. The van der Waals surface area contributed by atoms with Crippen molar-refractivity contribution in [1.82, 2.24) is 15.1 Å². The van der Waals surface area contributed by atoms with E-state index in [1.165, 1.54) is 4.90 Å². The molecule has 1 aliphatic heterocycles. The van der Waals surface area contributed by atoms with E-state index in [1.54, 1.807) is 18.2 Å². The second-order valence-corrected chi connectivity index (χ2v) is 9.42. The van der Waals surface area contributed by atoms with E-state index in [9.17, 15) is 18.0 Å². The summed E-state index contributed by atoms with van der Waals surface area (Å²) in [6.45, 7) is 3.88. The van der Waals surface area contributed by atoms with Gasteiger partial charge in [0.2, 0.25) is 0 Å². The van der Waals surface area contributed by atoms with Gasteiger partial charge in [-0.15, -0.1) is 0 Å². The zero-order valence-corrected chi connectivity index (χ0v) is 16.2. The van der Waals surface area contributed by atoms with Gasteiger partial charge >= 0.3 is 5.97 Å². The summed E-state index contributed by atoms with van der Waals surface area (Å²) in [7, 11) is -3.12. The number of amides is 1. The maximum atomic E-state index is 12.6. The molecule has 1 aromatic carbocycles. The van der Waals surface area contributed by atoms with Crippen molar-refractivity contribution in [3.8, 4) is 0 Å². The first-order valence-electron chi connectivity index (χ1n) is 8.87. The van der Waals surface area contributed by atoms with Crippen LogP contribution in [0.2, 0.25) is 0 Å². The lowest BCUT2D eigenvalue weighted by molar-refractivity contribution is -0.137. The topological polar surface area (TPSA) is 109 Å². The van der Waals surface area contributed by atoms with Crippen molar-refractivity contribution in [2.75, 3.05) is 24.7 Å². The Morgan fingerprint density at radius 3 is 2.74 bits per heavy atom. The van der Waals surface area contributed by atoms with Crippen LogP contribution in [-0.2, 0) is 19.4 Å². The molecule has 1 atom stereocenters. The average Bonchev–Trinajstić information content (AvgIpc) is 3.20. The van der Waals surface area contributed by atoms with Gasteiger partial charge in [0.1, 0.15) is 0 Å². The van der Waals surface area contributed by atoms with Crippen LogP contribution < -0.4 is 0 Å². The van der Waals surface area contributed by atoms with Gasteiger partial charge in [-0.2, -0.15) is 5.10 Å². The molecule has 1 saturated heterocycles. The summed E-state index contributed by atoms with van der Waals surface area (Å²) in [4.78, 5) is 26.5. The van der Waals surface area contributed by atoms with E-state index < -0.39 is 22.4 Å². The highest BCUT2D eigenvalue weighted by Crippen LogP contribution is 2.20. The van der Waals surface area contributed by atoms with Gasteiger partial charge in [-0.3, -0.25) is 9.89 Å². The van der Waals surface area contributed by atoms with Crippen LogP contribution >= 0.6 is 0 Å². The minimum Gasteiger partial charge on any atom is -0.451 e. The molecule has 0 saturated carbocycles. The SMILES string of the molecule is CC(C)CN(C(=O)COC(=O)c1n[nH]c2ccccc12)[C@H]1CCS(=O)(=O)C1. The Morgan fingerprint density at radius 1 is 1.33 bits per heavy atom. The molecular weight excluding hydrogens is 370 g/mol. The van der Waals surface area contributed by atoms with Gasteiger partial charge in [-0.25, -0.2) is 13.2 Å². The van der Waals surface area contributed by atoms with Crippen molar-refractivity contribution in [2.45, 2.75) is 26.3 Å². The van der Waals surface area contributed by atoms with Crippen molar-refractivity contribution in [3.05, 3.63) is 30.0 Å². The van der Waals surface area contributed by atoms with E-state index in [-0.39, 0.29) is 35.1 Å². The molecule has 0 unspecified atom stereocenters. The number of benzene rings is 1.